The number of carbonyl (C=O) groups is 1. The molecule has 5 nitrogen and oxygen atoms in total. The number of carbonyl (C=O) groups excluding carboxylic acids is 1. The van der Waals surface area contributed by atoms with Crippen molar-refractivity contribution in [2.24, 2.45) is 0 Å². The molecule has 0 aliphatic carbocycles. The molecule has 20 heavy (non-hydrogen) atoms. The molecule has 1 aliphatic rings. The number of rotatable bonds is 4. The van der Waals surface area contributed by atoms with Gasteiger partial charge >= 0.3 is 0 Å². The third-order valence-electron chi connectivity index (χ3n) is 3.82. The maximum atomic E-state index is 12.3. The van der Waals surface area contributed by atoms with Crippen molar-refractivity contribution in [3.63, 3.8) is 0 Å². The highest BCUT2D eigenvalue weighted by molar-refractivity contribution is 5.94. The molecule has 1 fully saturated rings. The topological polar surface area (TPSA) is 44.8 Å². The molecule has 1 saturated heterocycles. The first kappa shape index (κ1) is 14.8. The van der Waals surface area contributed by atoms with Crippen molar-refractivity contribution in [1.82, 2.24) is 9.80 Å². The highest BCUT2D eigenvalue weighted by Crippen LogP contribution is 2.16. The van der Waals surface area contributed by atoms with Gasteiger partial charge in [-0.3, -0.25) is 9.69 Å². The van der Waals surface area contributed by atoms with E-state index in [9.17, 15) is 4.79 Å². The Kier molecular flexibility index (Phi) is 4.98. The second kappa shape index (κ2) is 6.72. The molecule has 1 N–H and O–H groups in total. The summed E-state index contributed by atoms with van der Waals surface area (Å²) in [7, 11) is 3.74. The van der Waals surface area contributed by atoms with Crippen LogP contribution in [0.4, 0.5) is 5.69 Å². The van der Waals surface area contributed by atoms with Gasteiger partial charge in [0, 0.05) is 31.9 Å². The van der Waals surface area contributed by atoms with Gasteiger partial charge in [-0.05, 0) is 38.2 Å². The highest BCUT2D eigenvalue weighted by Gasteiger charge is 2.24. The van der Waals surface area contributed by atoms with Crippen LogP contribution in [0.3, 0.4) is 0 Å². The largest absolute Gasteiger partial charge is 0.497 e. The first-order valence-corrected chi connectivity index (χ1v) is 6.97. The number of nitrogens with one attached hydrogen (secondary N) is 1. The van der Waals surface area contributed by atoms with Crippen LogP contribution in [-0.4, -0.2) is 62.1 Å². The summed E-state index contributed by atoms with van der Waals surface area (Å²) in [5.41, 5.74) is 0.803. The summed E-state index contributed by atoms with van der Waals surface area (Å²) >= 11 is 0. The highest BCUT2D eigenvalue weighted by atomic mass is 16.5. The Hall–Kier alpha value is -1.59. The minimum absolute atomic E-state index is 0.0414. The van der Waals surface area contributed by atoms with Crippen LogP contribution in [0, 0.1) is 0 Å². The minimum atomic E-state index is -0.106. The van der Waals surface area contributed by atoms with Crippen molar-refractivity contribution in [1.29, 1.82) is 0 Å². The van der Waals surface area contributed by atoms with Gasteiger partial charge in [0.2, 0.25) is 5.91 Å². The minimum Gasteiger partial charge on any atom is -0.497 e. The number of likely N-dealkylation sites (N-methyl/N-ethyl adjacent to an activating group) is 1. The van der Waals surface area contributed by atoms with Crippen molar-refractivity contribution in [3.05, 3.63) is 24.3 Å². The van der Waals surface area contributed by atoms with Gasteiger partial charge in [0.25, 0.3) is 0 Å². The molecular weight excluding hydrogens is 254 g/mol. The normalized spacial score (nSPS) is 18.6. The van der Waals surface area contributed by atoms with Crippen LogP contribution in [0.2, 0.25) is 0 Å². The Bertz CT molecular complexity index is 439. The van der Waals surface area contributed by atoms with Crippen molar-refractivity contribution < 1.29 is 9.53 Å². The molecule has 1 atom stereocenters. The molecule has 1 aliphatic heterocycles. The van der Waals surface area contributed by atoms with E-state index in [4.69, 9.17) is 4.74 Å². The van der Waals surface area contributed by atoms with Gasteiger partial charge in [0.15, 0.2) is 0 Å². The molecule has 0 aromatic heterocycles. The van der Waals surface area contributed by atoms with Crippen LogP contribution in [0.1, 0.15) is 6.92 Å². The standard InChI is InChI=1S/C15H23N3O2/c1-12(18-10-8-17(2)9-11-18)15(19)16-13-4-6-14(20-3)7-5-13/h4-7,12H,8-11H2,1-3H3,(H,16,19). The zero-order chi connectivity index (χ0) is 14.5. The maximum absolute atomic E-state index is 12.3. The van der Waals surface area contributed by atoms with E-state index in [0.717, 1.165) is 37.6 Å². The van der Waals surface area contributed by atoms with E-state index < -0.39 is 0 Å². The van der Waals surface area contributed by atoms with Crippen molar-refractivity contribution in [2.75, 3.05) is 45.7 Å². The molecule has 1 amide bonds. The quantitative estimate of drug-likeness (QED) is 0.900. The van der Waals surface area contributed by atoms with E-state index in [2.05, 4.69) is 22.2 Å². The molecule has 1 heterocycles. The average Bonchev–Trinajstić information content (AvgIpc) is 2.48. The number of ether oxygens (including phenoxy) is 1. The Balaban J connectivity index is 1.89. The summed E-state index contributed by atoms with van der Waals surface area (Å²) in [6, 6.07) is 7.29. The molecule has 0 bridgehead atoms. The van der Waals surface area contributed by atoms with Crippen molar-refractivity contribution >= 4 is 11.6 Å². The van der Waals surface area contributed by atoms with E-state index in [-0.39, 0.29) is 11.9 Å². The molecular formula is C15H23N3O2. The van der Waals surface area contributed by atoms with Crippen LogP contribution < -0.4 is 10.1 Å². The summed E-state index contributed by atoms with van der Waals surface area (Å²) in [5.74, 6) is 0.829. The molecule has 5 heteroatoms. The summed E-state index contributed by atoms with van der Waals surface area (Å²) in [6.45, 7) is 5.87. The predicted molar refractivity (Wildman–Crippen MR) is 80.2 cm³/mol. The fourth-order valence-electron chi connectivity index (χ4n) is 2.30. The first-order valence-electron chi connectivity index (χ1n) is 6.97. The summed E-state index contributed by atoms with van der Waals surface area (Å²) in [5, 5.41) is 2.95. The number of piperazine rings is 1. The van der Waals surface area contributed by atoms with Crippen molar-refractivity contribution in [3.8, 4) is 5.75 Å². The first-order chi connectivity index (χ1) is 9.60. The van der Waals surface area contributed by atoms with Gasteiger partial charge in [-0.1, -0.05) is 0 Å². The Morgan fingerprint density at radius 1 is 1.20 bits per heavy atom. The molecule has 1 unspecified atom stereocenters. The fourth-order valence-corrected chi connectivity index (χ4v) is 2.30. The van der Waals surface area contributed by atoms with E-state index in [1.807, 2.05) is 31.2 Å². The van der Waals surface area contributed by atoms with E-state index in [1.165, 1.54) is 0 Å². The molecule has 110 valence electrons. The Morgan fingerprint density at radius 3 is 2.35 bits per heavy atom. The third kappa shape index (κ3) is 3.71. The van der Waals surface area contributed by atoms with Crippen LogP contribution in [0.25, 0.3) is 0 Å². The molecule has 0 radical (unpaired) electrons. The molecule has 0 saturated carbocycles. The predicted octanol–water partition coefficient (Wildman–Crippen LogP) is 1.27. The number of methoxy groups -OCH3 is 1. The van der Waals surface area contributed by atoms with Gasteiger partial charge in [-0.15, -0.1) is 0 Å². The molecule has 2 rings (SSSR count). The van der Waals surface area contributed by atoms with Crippen LogP contribution in [0.15, 0.2) is 24.3 Å². The maximum Gasteiger partial charge on any atom is 0.241 e. The van der Waals surface area contributed by atoms with Crippen LogP contribution >= 0.6 is 0 Å². The zero-order valence-electron chi connectivity index (χ0n) is 12.4. The SMILES string of the molecule is COc1ccc(NC(=O)C(C)N2CCN(C)CC2)cc1. The lowest BCUT2D eigenvalue weighted by Crippen LogP contribution is -2.51. The monoisotopic (exact) mass is 277 g/mol. The number of benzene rings is 1. The Morgan fingerprint density at radius 2 is 1.80 bits per heavy atom. The lowest BCUT2D eigenvalue weighted by molar-refractivity contribution is -0.121. The number of hydrogen-bond donors (Lipinski definition) is 1. The second-order valence-electron chi connectivity index (χ2n) is 5.23. The molecule has 1 aromatic rings. The lowest BCUT2D eigenvalue weighted by atomic mass is 10.2. The van der Waals surface area contributed by atoms with E-state index in [1.54, 1.807) is 7.11 Å². The fraction of sp³-hybridized carbons (Fsp3) is 0.533. The molecule has 0 spiro atoms. The zero-order valence-corrected chi connectivity index (χ0v) is 12.4. The summed E-state index contributed by atoms with van der Waals surface area (Å²) < 4.78 is 5.10. The van der Waals surface area contributed by atoms with Gasteiger partial charge < -0.3 is 15.0 Å². The summed E-state index contributed by atoms with van der Waals surface area (Å²) in [4.78, 5) is 16.8. The van der Waals surface area contributed by atoms with Crippen LogP contribution in [0.5, 0.6) is 5.75 Å². The third-order valence-corrected chi connectivity index (χ3v) is 3.82. The Labute approximate surface area is 120 Å². The lowest BCUT2D eigenvalue weighted by Gasteiger charge is -2.35. The summed E-state index contributed by atoms with van der Waals surface area (Å²) in [6.07, 6.45) is 0. The smallest absolute Gasteiger partial charge is 0.241 e. The van der Waals surface area contributed by atoms with Gasteiger partial charge in [0.1, 0.15) is 5.75 Å². The van der Waals surface area contributed by atoms with Gasteiger partial charge in [0.05, 0.1) is 13.2 Å². The average molecular weight is 277 g/mol. The molecule has 1 aromatic carbocycles. The number of nitrogens with zero attached hydrogens (tertiary/aromatic N) is 2. The van der Waals surface area contributed by atoms with E-state index >= 15 is 0 Å². The number of hydrogen-bond acceptors (Lipinski definition) is 4. The van der Waals surface area contributed by atoms with Gasteiger partial charge in [-0.2, -0.15) is 0 Å². The number of anilines is 1. The van der Waals surface area contributed by atoms with Crippen molar-refractivity contribution in [2.45, 2.75) is 13.0 Å². The van der Waals surface area contributed by atoms with E-state index in [0.29, 0.717) is 0 Å². The van der Waals surface area contributed by atoms with Crippen LogP contribution in [-0.2, 0) is 4.79 Å². The van der Waals surface area contributed by atoms with Gasteiger partial charge in [-0.25, -0.2) is 0 Å². The number of amides is 1. The second-order valence-corrected chi connectivity index (χ2v) is 5.23.